The standard InChI is InChI=1S/C23H31N3O4S/c1-18-5-4-6-20(15-18)26(31(3,28)29)17-23(27)24-16-19-7-9-21(10-8-19)30-22-11-13-25(2)14-12-22/h4-10,15,22H,11-14,16-17H2,1-3H3,(H,24,27). The number of hydrogen-bond acceptors (Lipinski definition) is 5. The van der Waals surface area contributed by atoms with Crippen LogP contribution in [0.1, 0.15) is 24.0 Å². The highest BCUT2D eigenvalue weighted by atomic mass is 32.2. The maximum Gasteiger partial charge on any atom is 0.241 e. The van der Waals surface area contributed by atoms with E-state index >= 15 is 0 Å². The fourth-order valence-electron chi connectivity index (χ4n) is 3.55. The average molecular weight is 446 g/mol. The molecule has 1 aliphatic rings. The van der Waals surface area contributed by atoms with Gasteiger partial charge in [0.15, 0.2) is 0 Å². The number of rotatable bonds is 8. The normalized spacial score (nSPS) is 15.5. The van der Waals surface area contributed by atoms with Gasteiger partial charge in [-0.3, -0.25) is 9.10 Å². The van der Waals surface area contributed by atoms with Crippen LogP contribution in [0.2, 0.25) is 0 Å². The Morgan fingerprint density at radius 2 is 1.84 bits per heavy atom. The molecule has 0 atom stereocenters. The zero-order valence-corrected chi connectivity index (χ0v) is 19.2. The van der Waals surface area contributed by atoms with Crippen LogP contribution in [0.25, 0.3) is 0 Å². The first-order valence-corrected chi connectivity index (χ1v) is 12.3. The van der Waals surface area contributed by atoms with Gasteiger partial charge >= 0.3 is 0 Å². The fraction of sp³-hybridized carbons (Fsp3) is 0.435. The first-order chi connectivity index (χ1) is 14.7. The van der Waals surface area contributed by atoms with Gasteiger partial charge in [0.1, 0.15) is 18.4 Å². The van der Waals surface area contributed by atoms with Crippen molar-refractivity contribution < 1.29 is 17.9 Å². The predicted molar refractivity (Wildman–Crippen MR) is 123 cm³/mol. The van der Waals surface area contributed by atoms with Gasteiger partial charge < -0.3 is 15.0 Å². The minimum atomic E-state index is -3.58. The molecule has 2 aromatic rings. The number of nitrogens with one attached hydrogen (secondary N) is 1. The van der Waals surface area contributed by atoms with E-state index in [1.165, 1.54) is 0 Å². The molecule has 2 aromatic carbocycles. The number of likely N-dealkylation sites (tertiary alicyclic amines) is 1. The van der Waals surface area contributed by atoms with Crippen molar-refractivity contribution in [2.24, 2.45) is 0 Å². The number of piperidine rings is 1. The molecule has 1 N–H and O–H groups in total. The van der Waals surface area contributed by atoms with Crippen LogP contribution in [0.15, 0.2) is 48.5 Å². The van der Waals surface area contributed by atoms with Gasteiger partial charge in [0, 0.05) is 19.6 Å². The van der Waals surface area contributed by atoms with E-state index in [0.717, 1.165) is 53.4 Å². The summed E-state index contributed by atoms with van der Waals surface area (Å²) in [5.41, 5.74) is 2.33. The monoisotopic (exact) mass is 445 g/mol. The van der Waals surface area contributed by atoms with Gasteiger partial charge in [0.25, 0.3) is 0 Å². The lowest BCUT2D eigenvalue weighted by atomic mass is 10.1. The van der Waals surface area contributed by atoms with Crippen LogP contribution in [0.5, 0.6) is 5.75 Å². The van der Waals surface area contributed by atoms with Gasteiger partial charge in [-0.1, -0.05) is 24.3 Å². The van der Waals surface area contributed by atoms with Crippen molar-refractivity contribution in [2.45, 2.75) is 32.4 Å². The molecule has 0 radical (unpaired) electrons. The molecule has 31 heavy (non-hydrogen) atoms. The van der Waals surface area contributed by atoms with Gasteiger partial charge in [0.05, 0.1) is 11.9 Å². The summed E-state index contributed by atoms with van der Waals surface area (Å²) in [6, 6.07) is 14.7. The van der Waals surface area contributed by atoms with Crippen molar-refractivity contribution in [2.75, 3.05) is 37.2 Å². The third-order valence-electron chi connectivity index (χ3n) is 5.36. The number of benzene rings is 2. The SMILES string of the molecule is Cc1cccc(N(CC(=O)NCc2ccc(OC3CCN(C)CC3)cc2)S(C)(=O)=O)c1. The number of nitrogens with zero attached hydrogens (tertiary/aromatic N) is 2. The Hall–Kier alpha value is -2.58. The number of anilines is 1. The molecular formula is C23H31N3O4S. The number of ether oxygens (including phenoxy) is 1. The molecule has 1 saturated heterocycles. The van der Waals surface area contributed by atoms with Crippen molar-refractivity contribution in [1.82, 2.24) is 10.2 Å². The van der Waals surface area contributed by atoms with Crippen LogP contribution in [0.4, 0.5) is 5.69 Å². The molecule has 8 heteroatoms. The molecule has 0 aromatic heterocycles. The van der Waals surface area contributed by atoms with E-state index in [1.54, 1.807) is 18.2 Å². The quantitative estimate of drug-likeness (QED) is 0.676. The number of carbonyl (C=O) groups is 1. The lowest BCUT2D eigenvalue weighted by Gasteiger charge is -2.29. The molecular weight excluding hydrogens is 414 g/mol. The van der Waals surface area contributed by atoms with Crippen LogP contribution in [-0.2, 0) is 21.4 Å². The smallest absolute Gasteiger partial charge is 0.241 e. The van der Waals surface area contributed by atoms with Crippen molar-refractivity contribution in [3.05, 3.63) is 59.7 Å². The number of carbonyl (C=O) groups excluding carboxylic acids is 1. The molecule has 0 unspecified atom stereocenters. The van der Waals surface area contributed by atoms with Crippen molar-refractivity contribution in [3.63, 3.8) is 0 Å². The molecule has 3 rings (SSSR count). The number of amides is 1. The summed E-state index contributed by atoms with van der Waals surface area (Å²) < 4.78 is 31.6. The second-order valence-corrected chi connectivity index (χ2v) is 10.1. The maximum atomic E-state index is 12.4. The second kappa shape index (κ2) is 10.2. The molecule has 0 bridgehead atoms. The Labute approximate surface area is 185 Å². The largest absolute Gasteiger partial charge is 0.490 e. The summed E-state index contributed by atoms with van der Waals surface area (Å²) in [5, 5.41) is 2.80. The minimum absolute atomic E-state index is 0.241. The van der Waals surface area contributed by atoms with E-state index < -0.39 is 10.0 Å². The molecule has 1 aliphatic heterocycles. The molecule has 0 saturated carbocycles. The summed E-state index contributed by atoms with van der Waals surface area (Å²) in [5.74, 6) is 0.464. The van der Waals surface area contributed by atoms with Crippen LogP contribution in [-0.4, -0.2) is 58.3 Å². The van der Waals surface area contributed by atoms with Crippen LogP contribution >= 0.6 is 0 Å². The highest BCUT2D eigenvalue weighted by Gasteiger charge is 2.21. The average Bonchev–Trinajstić information content (AvgIpc) is 2.72. The maximum absolute atomic E-state index is 12.4. The first kappa shape index (κ1) is 23.1. The highest BCUT2D eigenvalue weighted by molar-refractivity contribution is 7.92. The van der Waals surface area contributed by atoms with Crippen molar-refractivity contribution in [3.8, 4) is 5.75 Å². The Bertz CT molecular complexity index is 984. The summed E-state index contributed by atoms with van der Waals surface area (Å²) in [6.45, 7) is 4.02. The third-order valence-corrected chi connectivity index (χ3v) is 6.50. The van der Waals surface area contributed by atoms with Gasteiger partial charge in [-0.05, 0) is 62.2 Å². The Morgan fingerprint density at radius 3 is 2.45 bits per heavy atom. The lowest BCUT2D eigenvalue weighted by molar-refractivity contribution is -0.119. The molecule has 0 aliphatic carbocycles. The first-order valence-electron chi connectivity index (χ1n) is 10.5. The van der Waals surface area contributed by atoms with E-state index in [9.17, 15) is 13.2 Å². The van der Waals surface area contributed by atoms with Gasteiger partial charge in [0.2, 0.25) is 15.9 Å². The van der Waals surface area contributed by atoms with Gasteiger partial charge in [-0.25, -0.2) is 8.42 Å². The van der Waals surface area contributed by atoms with Crippen molar-refractivity contribution >= 4 is 21.6 Å². The molecule has 0 spiro atoms. The van der Waals surface area contributed by atoms with E-state index in [1.807, 2.05) is 37.3 Å². The summed E-state index contributed by atoms with van der Waals surface area (Å²) >= 11 is 0. The van der Waals surface area contributed by atoms with Gasteiger partial charge in [-0.15, -0.1) is 0 Å². The zero-order valence-electron chi connectivity index (χ0n) is 18.4. The minimum Gasteiger partial charge on any atom is -0.490 e. The van der Waals surface area contributed by atoms with Gasteiger partial charge in [-0.2, -0.15) is 0 Å². The molecule has 7 nitrogen and oxygen atoms in total. The topological polar surface area (TPSA) is 79.0 Å². The summed E-state index contributed by atoms with van der Waals surface area (Å²) in [7, 11) is -1.46. The number of hydrogen-bond donors (Lipinski definition) is 1. The molecule has 1 amide bonds. The zero-order chi connectivity index (χ0) is 22.4. The van der Waals surface area contributed by atoms with Crippen LogP contribution in [0, 0.1) is 6.92 Å². The molecule has 1 heterocycles. The fourth-order valence-corrected chi connectivity index (χ4v) is 4.40. The summed E-state index contributed by atoms with van der Waals surface area (Å²) in [4.78, 5) is 14.7. The third kappa shape index (κ3) is 6.97. The lowest BCUT2D eigenvalue weighted by Crippen LogP contribution is -2.40. The Morgan fingerprint density at radius 1 is 1.16 bits per heavy atom. The van der Waals surface area contributed by atoms with Crippen molar-refractivity contribution in [1.29, 1.82) is 0 Å². The highest BCUT2D eigenvalue weighted by Crippen LogP contribution is 2.20. The summed E-state index contributed by atoms with van der Waals surface area (Å²) in [6.07, 6.45) is 3.38. The second-order valence-electron chi connectivity index (χ2n) is 8.15. The van der Waals surface area contributed by atoms with E-state index in [2.05, 4.69) is 17.3 Å². The Kier molecular flexibility index (Phi) is 7.56. The van der Waals surface area contributed by atoms with Crippen LogP contribution in [0.3, 0.4) is 0 Å². The number of sulfonamides is 1. The predicted octanol–water partition coefficient (Wildman–Crippen LogP) is 2.55. The molecule has 168 valence electrons. The van der Waals surface area contributed by atoms with E-state index in [0.29, 0.717) is 12.2 Å². The number of aryl methyl sites for hydroxylation is 1. The van der Waals surface area contributed by atoms with E-state index in [-0.39, 0.29) is 18.6 Å². The van der Waals surface area contributed by atoms with Crippen LogP contribution < -0.4 is 14.4 Å². The van der Waals surface area contributed by atoms with E-state index in [4.69, 9.17) is 4.74 Å². The Balaban J connectivity index is 1.53. The molecule has 1 fully saturated rings.